The molecule has 1 saturated heterocycles. The Hall–Kier alpha value is -1.92. The fraction of sp³-hybridized carbons (Fsp3) is 0.312. The zero-order chi connectivity index (χ0) is 16.6. The SMILES string of the molecule is C[C@]1(C(=O)O)CCN(C(=O)c2csc(-c3ccccc3Cl)n2)C1. The zero-order valence-electron chi connectivity index (χ0n) is 12.5. The molecule has 23 heavy (non-hydrogen) atoms. The first-order valence-corrected chi connectivity index (χ1v) is 8.39. The minimum absolute atomic E-state index is 0.208. The van der Waals surface area contributed by atoms with Gasteiger partial charge >= 0.3 is 5.97 Å². The summed E-state index contributed by atoms with van der Waals surface area (Å²) in [7, 11) is 0. The first-order valence-electron chi connectivity index (χ1n) is 7.14. The van der Waals surface area contributed by atoms with Crippen molar-refractivity contribution in [2.24, 2.45) is 5.41 Å². The third-order valence-corrected chi connectivity index (χ3v) is 5.31. The van der Waals surface area contributed by atoms with Gasteiger partial charge in [0.1, 0.15) is 10.7 Å². The van der Waals surface area contributed by atoms with E-state index in [-0.39, 0.29) is 12.5 Å². The molecule has 2 aromatic rings. The topological polar surface area (TPSA) is 70.5 Å². The molecule has 1 N–H and O–H groups in total. The molecule has 5 nitrogen and oxygen atoms in total. The zero-order valence-corrected chi connectivity index (χ0v) is 14.0. The maximum atomic E-state index is 12.5. The van der Waals surface area contributed by atoms with Crippen LogP contribution >= 0.6 is 22.9 Å². The number of amides is 1. The minimum atomic E-state index is -0.878. The van der Waals surface area contributed by atoms with Gasteiger partial charge in [-0.2, -0.15) is 0 Å². The predicted molar refractivity (Wildman–Crippen MR) is 88.8 cm³/mol. The Labute approximate surface area is 142 Å². The summed E-state index contributed by atoms with van der Waals surface area (Å²) in [6, 6.07) is 7.33. The minimum Gasteiger partial charge on any atom is -0.481 e. The summed E-state index contributed by atoms with van der Waals surface area (Å²) >= 11 is 7.50. The standard InChI is InChI=1S/C16H15ClN2O3S/c1-16(15(21)22)6-7-19(9-16)14(20)12-8-23-13(18-12)10-4-2-3-5-11(10)17/h2-5,8H,6-7,9H2,1H3,(H,21,22)/t16-/m0/s1. The van der Waals surface area contributed by atoms with Crippen LogP contribution in [0.3, 0.4) is 0 Å². The third kappa shape index (κ3) is 2.96. The number of hydrogen-bond donors (Lipinski definition) is 1. The molecule has 0 bridgehead atoms. The van der Waals surface area contributed by atoms with Crippen molar-refractivity contribution in [1.82, 2.24) is 9.88 Å². The van der Waals surface area contributed by atoms with E-state index in [1.54, 1.807) is 23.3 Å². The highest BCUT2D eigenvalue weighted by Gasteiger charge is 2.42. The summed E-state index contributed by atoms with van der Waals surface area (Å²) in [6.07, 6.45) is 0.454. The Morgan fingerprint density at radius 1 is 1.39 bits per heavy atom. The number of nitrogens with zero attached hydrogens (tertiary/aromatic N) is 2. The molecular formula is C16H15ClN2O3S. The first-order chi connectivity index (χ1) is 10.9. The number of carbonyl (C=O) groups is 2. The normalized spacial score (nSPS) is 20.7. The maximum absolute atomic E-state index is 12.5. The molecule has 0 radical (unpaired) electrons. The number of benzene rings is 1. The van der Waals surface area contributed by atoms with E-state index in [0.717, 1.165) is 5.56 Å². The smallest absolute Gasteiger partial charge is 0.311 e. The lowest BCUT2D eigenvalue weighted by atomic mass is 9.90. The van der Waals surface area contributed by atoms with Gasteiger partial charge in [0, 0.05) is 24.0 Å². The van der Waals surface area contributed by atoms with Crippen LogP contribution in [0.25, 0.3) is 10.6 Å². The van der Waals surface area contributed by atoms with Crippen molar-refractivity contribution in [3.05, 3.63) is 40.4 Å². The molecule has 1 aromatic carbocycles. The fourth-order valence-corrected chi connectivity index (χ4v) is 3.72. The summed E-state index contributed by atoms with van der Waals surface area (Å²) < 4.78 is 0. The lowest BCUT2D eigenvalue weighted by Gasteiger charge is -2.19. The van der Waals surface area contributed by atoms with Gasteiger partial charge in [-0.15, -0.1) is 11.3 Å². The lowest BCUT2D eigenvalue weighted by Crippen LogP contribution is -2.35. The van der Waals surface area contributed by atoms with E-state index in [1.165, 1.54) is 11.3 Å². The van der Waals surface area contributed by atoms with Gasteiger partial charge in [0.05, 0.1) is 10.4 Å². The molecule has 1 amide bonds. The first kappa shape index (κ1) is 16.0. The van der Waals surface area contributed by atoms with E-state index in [4.69, 9.17) is 11.6 Å². The van der Waals surface area contributed by atoms with Crippen molar-refractivity contribution in [2.75, 3.05) is 13.1 Å². The molecule has 1 aromatic heterocycles. The number of carboxylic acids is 1. The van der Waals surface area contributed by atoms with Crippen LogP contribution < -0.4 is 0 Å². The highest BCUT2D eigenvalue weighted by atomic mass is 35.5. The Morgan fingerprint density at radius 2 is 2.13 bits per heavy atom. The molecule has 1 aliphatic heterocycles. The molecule has 2 heterocycles. The van der Waals surface area contributed by atoms with Crippen LogP contribution in [0, 0.1) is 5.41 Å². The van der Waals surface area contributed by atoms with Crippen molar-refractivity contribution in [3.8, 4) is 10.6 Å². The number of halogens is 1. The second-order valence-corrected chi connectivity index (χ2v) is 7.13. The molecule has 0 unspecified atom stereocenters. The average Bonchev–Trinajstić information content (AvgIpc) is 3.15. The van der Waals surface area contributed by atoms with Crippen molar-refractivity contribution in [1.29, 1.82) is 0 Å². The van der Waals surface area contributed by atoms with E-state index in [0.29, 0.717) is 28.7 Å². The molecule has 0 spiro atoms. The van der Waals surface area contributed by atoms with Gasteiger partial charge in [0.25, 0.3) is 5.91 Å². The second-order valence-electron chi connectivity index (χ2n) is 5.86. The van der Waals surface area contributed by atoms with Crippen LogP contribution in [0.15, 0.2) is 29.6 Å². The molecule has 7 heteroatoms. The van der Waals surface area contributed by atoms with E-state index >= 15 is 0 Å². The van der Waals surface area contributed by atoms with Gasteiger partial charge in [-0.05, 0) is 19.4 Å². The largest absolute Gasteiger partial charge is 0.481 e. The molecule has 120 valence electrons. The lowest BCUT2D eigenvalue weighted by molar-refractivity contribution is -0.147. The number of hydrogen-bond acceptors (Lipinski definition) is 4. The van der Waals surface area contributed by atoms with Crippen LogP contribution in [0.1, 0.15) is 23.8 Å². The quantitative estimate of drug-likeness (QED) is 0.921. The molecule has 1 aliphatic rings. The average molecular weight is 351 g/mol. The Morgan fingerprint density at radius 3 is 2.78 bits per heavy atom. The number of carbonyl (C=O) groups excluding carboxylic acids is 1. The van der Waals surface area contributed by atoms with Crippen molar-refractivity contribution < 1.29 is 14.7 Å². The number of aromatic nitrogens is 1. The Kier molecular flexibility index (Phi) is 4.12. The summed E-state index contributed by atoms with van der Waals surface area (Å²) in [4.78, 5) is 29.7. The monoisotopic (exact) mass is 350 g/mol. The van der Waals surface area contributed by atoms with Crippen LogP contribution in [0.2, 0.25) is 5.02 Å². The Bertz CT molecular complexity index is 776. The number of aliphatic carboxylic acids is 1. The van der Waals surface area contributed by atoms with Gasteiger partial charge in [-0.1, -0.05) is 29.8 Å². The van der Waals surface area contributed by atoms with E-state index in [1.807, 2.05) is 18.2 Å². The third-order valence-electron chi connectivity index (χ3n) is 4.10. The molecule has 1 fully saturated rings. The number of carboxylic acid groups (broad SMARTS) is 1. The summed E-state index contributed by atoms with van der Waals surface area (Å²) in [6.45, 7) is 2.31. The van der Waals surface area contributed by atoms with Crippen LogP contribution in [-0.2, 0) is 4.79 Å². The van der Waals surface area contributed by atoms with E-state index in [2.05, 4.69) is 4.98 Å². The highest BCUT2D eigenvalue weighted by molar-refractivity contribution is 7.13. The number of likely N-dealkylation sites (tertiary alicyclic amines) is 1. The molecular weight excluding hydrogens is 336 g/mol. The second kappa shape index (κ2) is 5.94. The predicted octanol–water partition coefficient (Wildman–Crippen LogP) is 3.40. The summed E-state index contributed by atoms with van der Waals surface area (Å²) in [5.41, 5.74) is 0.242. The van der Waals surface area contributed by atoms with Gasteiger partial charge < -0.3 is 10.0 Å². The van der Waals surface area contributed by atoms with Crippen LogP contribution in [0.5, 0.6) is 0 Å². The molecule has 0 aliphatic carbocycles. The highest BCUT2D eigenvalue weighted by Crippen LogP contribution is 2.33. The van der Waals surface area contributed by atoms with Crippen molar-refractivity contribution in [2.45, 2.75) is 13.3 Å². The molecule has 3 rings (SSSR count). The maximum Gasteiger partial charge on any atom is 0.311 e. The number of thiazole rings is 1. The van der Waals surface area contributed by atoms with E-state index in [9.17, 15) is 14.7 Å². The summed E-state index contributed by atoms with van der Waals surface area (Å²) in [5.74, 6) is -1.10. The summed E-state index contributed by atoms with van der Waals surface area (Å²) in [5, 5.41) is 12.2. The van der Waals surface area contributed by atoms with E-state index < -0.39 is 11.4 Å². The van der Waals surface area contributed by atoms with Crippen molar-refractivity contribution >= 4 is 34.8 Å². The van der Waals surface area contributed by atoms with Gasteiger partial charge in [0.15, 0.2) is 0 Å². The fourth-order valence-electron chi connectivity index (χ4n) is 2.60. The van der Waals surface area contributed by atoms with Crippen LogP contribution in [-0.4, -0.2) is 40.0 Å². The van der Waals surface area contributed by atoms with Crippen molar-refractivity contribution in [3.63, 3.8) is 0 Å². The van der Waals surface area contributed by atoms with Gasteiger partial charge in [-0.25, -0.2) is 4.98 Å². The van der Waals surface area contributed by atoms with Gasteiger partial charge in [0.2, 0.25) is 0 Å². The van der Waals surface area contributed by atoms with Crippen LogP contribution in [0.4, 0.5) is 0 Å². The molecule has 0 saturated carbocycles. The number of rotatable bonds is 3. The Balaban J connectivity index is 1.80. The molecule has 1 atom stereocenters. The van der Waals surface area contributed by atoms with Gasteiger partial charge in [-0.3, -0.25) is 9.59 Å².